The normalized spacial score (nSPS) is 10.4. The number of aromatic amines is 1. The maximum absolute atomic E-state index is 5.68. The number of rotatable bonds is 2. The molecule has 0 aliphatic rings. The highest BCUT2D eigenvalue weighted by atomic mass is 35.5. The number of nitrogens with one attached hydrogen (secondary N) is 1. The molecule has 1 aromatic carbocycles. The summed E-state index contributed by atoms with van der Waals surface area (Å²) in [4.78, 5) is 4.09. The highest BCUT2D eigenvalue weighted by Gasteiger charge is 2.07. The molecule has 2 aromatic rings. The summed E-state index contributed by atoms with van der Waals surface area (Å²) >= 11 is 5.68. The van der Waals surface area contributed by atoms with Gasteiger partial charge in [-0.05, 0) is 23.6 Å². The van der Waals surface area contributed by atoms with Crippen molar-refractivity contribution in [3.05, 3.63) is 35.1 Å². The molecule has 0 saturated carbocycles. The first-order valence-corrected chi connectivity index (χ1v) is 4.85. The van der Waals surface area contributed by atoms with Crippen LogP contribution in [0, 0.1) is 0 Å². The predicted octanol–water partition coefficient (Wildman–Crippen LogP) is 2.69. The van der Waals surface area contributed by atoms with Gasteiger partial charge in [0.25, 0.3) is 0 Å². The zero-order valence-electron chi connectivity index (χ0n) is 7.79. The Morgan fingerprint density at radius 3 is 2.79 bits per heavy atom. The second-order valence-corrected chi connectivity index (χ2v) is 3.32. The Morgan fingerprint density at radius 2 is 2.14 bits per heavy atom. The molecule has 0 atom stereocenters. The molecule has 1 N–H and O–H groups in total. The molecule has 4 heteroatoms. The van der Waals surface area contributed by atoms with Crippen molar-refractivity contribution in [1.82, 2.24) is 15.2 Å². The fraction of sp³-hybridized carbons (Fsp3) is 0.200. The van der Waals surface area contributed by atoms with Crippen molar-refractivity contribution in [3.63, 3.8) is 0 Å². The van der Waals surface area contributed by atoms with Crippen molar-refractivity contribution in [2.75, 3.05) is 0 Å². The minimum atomic E-state index is 0.325. The van der Waals surface area contributed by atoms with Gasteiger partial charge in [0, 0.05) is 5.56 Å². The molecule has 0 saturated heterocycles. The first kappa shape index (κ1) is 9.21. The Hall–Kier alpha value is -1.35. The van der Waals surface area contributed by atoms with Gasteiger partial charge in [-0.1, -0.05) is 31.2 Å². The highest BCUT2D eigenvalue weighted by Crippen LogP contribution is 2.20. The average Bonchev–Trinajstić information content (AvgIpc) is 2.65. The first-order valence-electron chi connectivity index (χ1n) is 4.47. The number of H-pyrrole nitrogens is 1. The van der Waals surface area contributed by atoms with Crippen LogP contribution in [0.2, 0.25) is 5.28 Å². The summed E-state index contributed by atoms with van der Waals surface area (Å²) in [5, 5.41) is 6.97. The lowest BCUT2D eigenvalue weighted by atomic mass is 10.1. The van der Waals surface area contributed by atoms with Crippen molar-refractivity contribution < 1.29 is 0 Å². The Labute approximate surface area is 87.1 Å². The number of benzene rings is 1. The molecule has 0 amide bonds. The summed E-state index contributed by atoms with van der Waals surface area (Å²) in [5.74, 6) is 0.660. The van der Waals surface area contributed by atoms with Crippen molar-refractivity contribution in [2.24, 2.45) is 0 Å². The monoisotopic (exact) mass is 207 g/mol. The summed E-state index contributed by atoms with van der Waals surface area (Å²) in [5.41, 5.74) is 2.27. The van der Waals surface area contributed by atoms with Crippen LogP contribution >= 0.6 is 11.6 Å². The Balaban J connectivity index is 2.50. The van der Waals surface area contributed by atoms with Crippen molar-refractivity contribution in [1.29, 1.82) is 0 Å². The van der Waals surface area contributed by atoms with Crippen LogP contribution in [0.5, 0.6) is 0 Å². The van der Waals surface area contributed by atoms with Gasteiger partial charge in [-0.3, -0.25) is 0 Å². The molecule has 0 radical (unpaired) electrons. The van der Waals surface area contributed by atoms with Crippen LogP contribution in [0.1, 0.15) is 12.5 Å². The highest BCUT2D eigenvalue weighted by molar-refractivity contribution is 6.28. The van der Waals surface area contributed by atoms with E-state index in [2.05, 4.69) is 28.2 Å². The number of halogens is 1. The van der Waals surface area contributed by atoms with E-state index in [9.17, 15) is 0 Å². The number of hydrogen-bond acceptors (Lipinski definition) is 2. The van der Waals surface area contributed by atoms with Crippen LogP contribution in [-0.2, 0) is 6.42 Å². The van der Waals surface area contributed by atoms with Crippen molar-refractivity contribution in [2.45, 2.75) is 13.3 Å². The van der Waals surface area contributed by atoms with Gasteiger partial charge in [0.1, 0.15) is 0 Å². The van der Waals surface area contributed by atoms with E-state index >= 15 is 0 Å². The third kappa shape index (κ3) is 1.63. The standard InChI is InChI=1S/C10H10ClN3/c1-2-7-5-3-4-6-8(7)9-12-10(11)14-13-9/h3-6H,2H2,1H3,(H,12,13,14). The summed E-state index contributed by atoms with van der Waals surface area (Å²) in [7, 11) is 0. The van der Waals surface area contributed by atoms with E-state index in [-0.39, 0.29) is 0 Å². The number of nitrogens with zero attached hydrogens (tertiary/aromatic N) is 2. The van der Waals surface area contributed by atoms with Crippen LogP contribution in [0.15, 0.2) is 24.3 Å². The molecule has 0 aliphatic carbocycles. The maximum Gasteiger partial charge on any atom is 0.218 e. The van der Waals surface area contributed by atoms with Gasteiger partial charge in [-0.25, -0.2) is 5.10 Å². The molecular formula is C10H10ClN3. The quantitative estimate of drug-likeness (QED) is 0.823. The summed E-state index contributed by atoms with van der Waals surface area (Å²) in [6.45, 7) is 2.10. The molecular weight excluding hydrogens is 198 g/mol. The van der Waals surface area contributed by atoms with Crippen LogP contribution in [-0.4, -0.2) is 15.2 Å². The predicted molar refractivity (Wildman–Crippen MR) is 56.2 cm³/mol. The van der Waals surface area contributed by atoms with Gasteiger partial charge in [0.15, 0.2) is 5.82 Å². The van der Waals surface area contributed by atoms with Crippen molar-refractivity contribution >= 4 is 11.6 Å². The fourth-order valence-electron chi connectivity index (χ4n) is 1.41. The Kier molecular flexibility index (Phi) is 2.50. The largest absolute Gasteiger partial charge is 0.249 e. The average molecular weight is 208 g/mol. The van der Waals surface area contributed by atoms with E-state index in [1.807, 2.05) is 18.2 Å². The number of aryl methyl sites for hydroxylation is 1. The molecule has 3 nitrogen and oxygen atoms in total. The summed E-state index contributed by atoms with van der Waals surface area (Å²) in [6.07, 6.45) is 0.961. The van der Waals surface area contributed by atoms with E-state index in [1.165, 1.54) is 5.56 Å². The Morgan fingerprint density at radius 1 is 1.36 bits per heavy atom. The van der Waals surface area contributed by atoms with Gasteiger partial charge in [0.05, 0.1) is 0 Å². The van der Waals surface area contributed by atoms with Gasteiger partial charge in [-0.15, -0.1) is 0 Å². The van der Waals surface area contributed by atoms with E-state index < -0.39 is 0 Å². The molecule has 72 valence electrons. The minimum Gasteiger partial charge on any atom is -0.249 e. The van der Waals surface area contributed by atoms with Gasteiger partial charge < -0.3 is 0 Å². The lowest BCUT2D eigenvalue weighted by Crippen LogP contribution is -1.88. The third-order valence-corrected chi connectivity index (χ3v) is 2.27. The van der Waals surface area contributed by atoms with E-state index in [0.29, 0.717) is 11.1 Å². The zero-order valence-corrected chi connectivity index (χ0v) is 8.54. The van der Waals surface area contributed by atoms with E-state index in [1.54, 1.807) is 0 Å². The van der Waals surface area contributed by atoms with Crippen molar-refractivity contribution in [3.8, 4) is 11.4 Å². The molecule has 2 rings (SSSR count). The molecule has 0 bridgehead atoms. The Bertz CT molecular complexity index is 436. The lowest BCUT2D eigenvalue weighted by molar-refractivity contribution is 1.08. The minimum absolute atomic E-state index is 0.325. The van der Waals surface area contributed by atoms with Crippen LogP contribution < -0.4 is 0 Å². The molecule has 1 heterocycles. The van der Waals surface area contributed by atoms with Crippen LogP contribution in [0.4, 0.5) is 0 Å². The van der Waals surface area contributed by atoms with E-state index in [4.69, 9.17) is 11.6 Å². The topological polar surface area (TPSA) is 41.6 Å². The van der Waals surface area contributed by atoms with Crippen LogP contribution in [0.3, 0.4) is 0 Å². The maximum atomic E-state index is 5.68. The second kappa shape index (κ2) is 3.80. The SMILES string of the molecule is CCc1ccccc1-c1n[nH]c(Cl)n1. The zero-order chi connectivity index (χ0) is 9.97. The van der Waals surface area contributed by atoms with E-state index in [0.717, 1.165) is 12.0 Å². The number of aromatic nitrogens is 3. The van der Waals surface area contributed by atoms with Crippen LogP contribution in [0.25, 0.3) is 11.4 Å². The first-order chi connectivity index (χ1) is 6.81. The summed E-state index contributed by atoms with van der Waals surface area (Å²) < 4.78 is 0. The third-order valence-electron chi connectivity index (χ3n) is 2.10. The fourth-order valence-corrected chi connectivity index (χ4v) is 1.53. The molecule has 0 spiro atoms. The van der Waals surface area contributed by atoms with Gasteiger partial charge in [0.2, 0.25) is 5.28 Å². The van der Waals surface area contributed by atoms with Gasteiger partial charge >= 0.3 is 0 Å². The molecule has 0 aliphatic heterocycles. The van der Waals surface area contributed by atoms with Gasteiger partial charge in [-0.2, -0.15) is 10.1 Å². The molecule has 1 aromatic heterocycles. The second-order valence-electron chi connectivity index (χ2n) is 2.96. The lowest BCUT2D eigenvalue weighted by Gasteiger charge is -2.01. The molecule has 0 unspecified atom stereocenters. The molecule has 14 heavy (non-hydrogen) atoms. The molecule has 0 fully saturated rings. The summed E-state index contributed by atoms with van der Waals surface area (Å²) in [6, 6.07) is 8.05. The number of hydrogen-bond donors (Lipinski definition) is 1. The smallest absolute Gasteiger partial charge is 0.218 e.